The van der Waals surface area contributed by atoms with E-state index in [2.05, 4.69) is 29.5 Å². The second kappa shape index (κ2) is 13.6. The second-order valence-corrected chi connectivity index (χ2v) is 5.40. The minimum atomic E-state index is 0. The smallest absolute Gasteiger partial charge is 0.191 e. The summed E-state index contributed by atoms with van der Waals surface area (Å²) in [5.74, 6) is 0.938. The van der Waals surface area contributed by atoms with Gasteiger partial charge in [-0.1, -0.05) is 0 Å². The van der Waals surface area contributed by atoms with Gasteiger partial charge in [-0.15, -0.1) is 24.0 Å². The molecule has 0 spiro atoms. The number of aliphatic imine (C=N–C) groups is 1. The number of guanidine groups is 1. The van der Waals surface area contributed by atoms with Crippen molar-refractivity contribution in [3.8, 4) is 0 Å². The highest BCUT2D eigenvalue weighted by Gasteiger charge is 2.22. The molecular formula is C15H32IN3O2. The minimum absolute atomic E-state index is 0. The summed E-state index contributed by atoms with van der Waals surface area (Å²) in [6, 6.07) is 0.625. The number of rotatable bonds is 11. The topological polar surface area (TPSA) is 54.9 Å². The zero-order valence-corrected chi connectivity index (χ0v) is 16.0. The van der Waals surface area contributed by atoms with Gasteiger partial charge in [0.25, 0.3) is 0 Å². The van der Waals surface area contributed by atoms with Crippen LogP contribution in [0.3, 0.4) is 0 Å². The van der Waals surface area contributed by atoms with Crippen molar-refractivity contribution in [2.75, 3.05) is 32.9 Å². The van der Waals surface area contributed by atoms with E-state index in [1.807, 2.05) is 6.92 Å². The molecule has 2 N–H and O–H groups in total. The molecule has 1 saturated carbocycles. The minimum Gasteiger partial charge on any atom is -0.382 e. The molecule has 126 valence electrons. The molecule has 6 heteroatoms. The Balaban J connectivity index is 0.00000400. The molecule has 21 heavy (non-hydrogen) atoms. The third-order valence-electron chi connectivity index (χ3n) is 2.90. The Morgan fingerprint density at radius 1 is 1.24 bits per heavy atom. The van der Waals surface area contributed by atoms with Gasteiger partial charge in [0, 0.05) is 39.0 Å². The summed E-state index contributed by atoms with van der Waals surface area (Å²) in [6.07, 6.45) is 4.81. The molecule has 0 aliphatic heterocycles. The van der Waals surface area contributed by atoms with Crippen molar-refractivity contribution in [3.05, 3.63) is 0 Å². The van der Waals surface area contributed by atoms with Crippen LogP contribution in [-0.2, 0) is 9.47 Å². The average molecular weight is 413 g/mol. The normalized spacial score (nSPS) is 15.0. The van der Waals surface area contributed by atoms with Gasteiger partial charge in [-0.25, -0.2) is 0 Å². The van der Waals surface area contributed by atoms with Crippen molar-refractivity contribution in [1.29, 1.82) is 0 Å². The van der Waals surface area contributed by atoms with Gasteiger partial charge in [-0.05, 0) is 46.5 Å². The van der Waals surface area contributed by atoms with E-state index >= 15 is 0 Å². The summed E-state index contributed by atoms with van der Waals surface area (Å²) in [6.45, 7) is 10.2. The first kappa shape index (κ1) is 20.9. The largest absolute Gasteiger partial charge is 0.382 e. The predicted octanol–water partition coefficient (Wildman–Crippen LogP) is 2.54. The molecule has 1 aliphatic carbocycles. The van der Waals surface area contributed by atoms with Crippen LogP contribution >= 0.6 is 24.0 Å². The van der Waals surface area contributed by atoms with E-state index in [4.69, 9.17) is 9.47 Å². The van der Waals surface area contributed by atoms with E-state index in [0.717, 1.165) is 51.7 Å². The van der Waals surface area contributed by atoms with Crippen LogP contribution < -0.4 is 10.6 Å². The molecule has 0 aromatic rings. The van der Waals surface area contributed by atoms with Crippen LogP contribution in [-0.4, -0.2) is 51.0 Å². The van der Waals surface area contributed by atoms with Crippen molar-refractivity contribution < 1.29 is 9.47 Å². The van der Waals surface area contributed by atoms with Gasteiger partial charge in [0.15, 0.2) is 5.96 Å². The monoisotopic (exact) mass is 413 g/mol. The molecule has 0 amide bonds. The van der Waals surface area contributed by atoms with Gasteiger partial charge in [-0.3, -0.25) is 4.99 Å². The van der Waals surface area contributed by atoms with E-state index in [0.29, 0.717) is 12.1 Å². The fourth-order valence-electron chi connectivity index (χ4n) is 1.67. The van der Waals surface area contributed by atoms with E-state index in [9.17, 15) is 0 Å². The highest BCUT2D eigenvalue weighted by Crippen LogP contribution is 2.18. The Hall–Kier alpha value is -0.0800. The summed E-state index contributed by atoms with van der Waals surface area (Å²) in [7, 11) is 0. The molecule has 1 aliphatic rings. The first-order valence-corrected chi connectivity index (χ1v) is 7.96. The number of nitrogens with zero attached hydrogens (tertiary/aromatic N) is 1. The Labute approximate surface area is 146 Å². The maximum atomic E-state index is 5.53. The Morgan fingerprint density at radius 3 is 2.62 bits per heavy atom. The Bertz CT molecular complexity index is 272. The van der Waals surface area contributed by atoms with Crippen molar-refractivity contribution >= 4 is 29.9 Å². The van der Waals surface area contributed by atoms with Crippen LogP contribution in [0.5, 0.6) is 0 Å². The molecular weight excluding hydrogens is 381 g/mol. The molecule has 0 aromatic carbocycles. The lowest BCUT2D eigenvalue weighted by Gasteiger charge is -2.13. The molecule has 5 nitrogen and oxygen atoms in total. The second-order valence-electron chi connectivity index (χ2n) is 5.40. The van der Waals surface area contributed by atoms with Crippen molar-refractivity contribution in [2.45, 2.75) is 58.6 Å². The van der Waals surface area contributed by atoms with E-state index < -0.39 is 0 Å². The summed E-state index contributed by atoms with van der Waals surface area (Å²) in [5.41, 5.74) is 0. The molecule has 0 atom stereocenters. The van der Waals surface area contributed by atoms with Crippen LogP contribution in [0.2, 0.25) is 0 Å². The maximum Gasteiger partial charge on any atom is 0.191 e. The predicted molar refractivity (Wildman–Crippen MR) is 98.7 cm³/mol. The molecule has 1 rings (SSSR count). The third-order valence-corrected chi connectivity index (χ3v) is 2.90. The number of ether oxygens (including phenoxy) is 2. The van der Waals surface area contributed by atoms with Crippen molar-refractivity contribution in [2.24, 2.45) is 4.99 Å². The van der Waals surface area contributed by atoms with Gasteiger partial charge in [-0.2, -0.15) is 0 Å². The maximum absolute atomic E-state index is 5.53. The van der Waals surface area contributed by atoms with E-state index in [1.54, 1.807) is 0 Å². The average Bonchev–Trinajstić information content (AvgIpc) is 3.21. The van der Waals surface area contributed by atoms with E-state index in [-0.39, 0.29) is 24.0 Å². The van der Waals surface area contributed by atoms with Gasteiger partial charge in [0.05, 0.1) is 6.10 Å². The molecule has 0 radical (unpaired) electrons. The van der Waals surface area contributed by atoms with Crippen molar-refractivity contribution in [3.63, 3.8) is 0 Å². The summed E-state index contributed by atoms with van der Waals surface area (Å²) >= 11 is 0. The Kier molecular flexibility index (Phi) is 13.5. The van der Waals surface area contributed by atoms with Gasteiger partial charge < -0.3 is 20.1 Å². The quantitative estimate of drug-likeness (QED) is 0.237. The van der Waals surface area contributed by atoms with Crippen LogP contribution in [0.15, 0.2) is 4.99 Å². The van der Waals surface area contributed by atoms with Gasteiger partial charge in [0.1, 0.15) is 0 Å². The van der Waals surface area contributed by atoms with Crippen LogP contribution in [0.25, 0.3) is 0 Å². The first-order chi connectivity index (χ1) is 9.72. The summed E-state index contributed by atoms with van der Waals surface area (Å²) in [5, 5.41) is 6.81. The lowest BCUT2D eigenvalue weighted by atomic mass is 10.4. The molecule has 0 saturated heterocycles. The summed E-state index contributed by atoms with van der Waals surface area (Å²) < 4.78 is 10.8. The van der Waals surface area contributed by atoms with Crippen LogP contribution in [0.1, 0.15) is 46.5 Å². The number of hydrogen-bond donors (Lipinski definition) is 2. The van der Waals surface area contributed by atoms with Crippen LogP contribution in [0.4, 0.5) is 0 Å². The third kappa shape index (κ3) is 13.3. The van der Waals surface area contributed by atoms with Gasteiger partial charge >= 0.3 is 0 Å². The number of halogens is 1. The first-order valence-electron chi connectivity index (χ1n) is 7.96. The number of nitrogens with one attached hydrogen (secondary N) is 2. The fraction of sp³-hybridized carbons (Fsp3) is 0.933. The Morgan fingerprint density at radius 2 is 2.00 bits per heavy atom. The molecule has 0 unspecified atom stereocenters. The van der Waals surface area contributed by atoms with Crippen molar-refractivity contribution in [1.82, 2.24) is 10.6 Å². The fourth-order valence-corrected chi connectivity index (χ4v) is 1.67. The molecule has 0 bridgehead atoms. The lowest BCUT2D eigenvalue weighted by Crippen LogP contribution is -2.39. The molecule has 1 fully saturated rings. The molecule has 0 aromatic heterocycles. The zero-order valence-electron chi connectivity index (χ0n) is 13.7. The number of hydrogen-bond acceptors (Lipinski definition) is 3. The summed E-state index contributed by atoms with van der Waals surface area (Å²) in [4.78, 5) is 4.58. The van der Waals surface area contributed by atoms with Crippen LogP contribution in [0, 0.1) is 0 Å². The van der Waals surface area contributed by atoms with Gasteiger partial charge in [0.2, 0.25) is 0 Å². The zero-order chi connectivity index (χ0) is 14.6. The highest BCUT2D eigenvalue weighted by atomic mass is 127. The van der Waals surface area contributed by atoms with E-state index in [1.165, 1.54) is 12.8 Å². The molecule has 0 heterocycles. The highest BCUT2D eigenvalue weighted by molar-refractivity contribution is 14.0. The lowest BCUT2D eigenvalue weighted by molar-refractivity contribution is 0.0776. The standard InChI is InChI=1S/C15H31N3O2.HI/c1-4-19-11-5-9-16-15(18-14-7-8-14)17-10-6-12-20-13(2)3;/h13-14H,4-12H2,1-3H3,(H2,16,17,18);1H. The SMILES string of the molecule is CCOCCCN=C(NCCCOC(C)C)NC1CC1.I.